The Labute approximate surface area is 183 Å². The maximum Gasteiger partial charge on any atom is 0.220 e. The molecule has 6 nitrogen and oxygen atoms in total. The molecule has 0 saturated carbocycles. The number of hydrogen-bond donors (Lipinski definition) is 1. The molecule has 2 heterocycles. The van der Waals surface area contributed by atoms with E-state index in [9.17, 15) is 14.0 Å². The zero-order chi connectivity index (χ0) is 21.8. The summed E-state index contributed by atoms with van der Waals surface area (Å²) in [5.41, 5.74) is 3.10. The van der Waals surface area contributed by atoms with Gasteiger partial charge in [-0.3, -0.25) is 9.59 Å². The minimum atomic E-state index is -0.406. The molecule has 31 heavy (non-hydrogen) atoms. The molecule has 1 aliphatic rings. The quantitative estimate of drug-likeness (QED) is 0.562. The van der Waals surface area contributed by atoms with Crippen LogP contribution in [0.1, 0.15) is 28.8 Å². The normalized spacial score (nSPS) is 14.6. The highest BCUT2D eigenvalue weighted by atomic mass is 35.5. The fraction of sp³-hybridized carbons (Fsp3) is 0.217. The Morgan fingerprint density at radius 2 is 1.84 bits per heavy atom. The number of nitrogens with one attached hydrogen (secondary N) is 1. The van der Waals surface area contributed by atoms with E-state index in [4.69, 9.17) is 16.3 Å². The van der Waals surface area contributed by atoms with Gasteiger partial charge in [-0.05, 0) is 42.0 Å². The van der Waals surface area contributed by atoms with Gasteiger partial charge in [0.15, 0.2) is 5.78 Å². The van der Waals surface area contributed by atoms with E-state index in [1.165, 1.54) is 30.6 Å². The van der Waals surface area contributed by atoms with Gasteiger partial charge in [0.25, 0.3) is 0 Å². The number of carbonyl (C=O) groups is 2. The highest BCUT2D eigenvalue weighted by Gasteiger charge is 2.26. The van der Waals surface area contributed by atoms with E-state index >= 15 is 0 Å². The zero-order valence-corrected chi connectivity index (χ0v) is 17.2. The first-order valence-electron chi connectivity index (χ1n) is 9.79. The molecule has 8 heteroatoms. The molecular formula is C23H19ClFN3O3. The van der Waals surface area contributed by atoms with E-state index in [2.05, 4.69) is 15.3 Å². The Hall–Kier alpha value is -3.32. The van der Waals surface area contributed by atoms with E-state index in [0.29, 0.717) is 29.3 Å². The van der Waals surface area contributed by atoms with Crippen LogP contribution in [0.2, 0.25) is 5.02 Å². The first-order chi connectivity index (χ1) is 15.0. The van der Waals surface area contributed by atoms with Gasteiger partial charge >= 0.3 is 0 Å². The molecule has 1 aromatic heterocycles. The van der Waals surface area contributed by atoms with E-state index in [-0.39, 0.29) is 30.6 Å². The van der Waals surface area contributed by atoms with Crippen LogP contribution in [0.3, 0.4) is 0 Å². The summed E-state index contributed by atoms with van der Waals surface area (Å²) < 4.78 is 18.8. The summed E-state index contributed by atoms with van der Waals surface area (Å²) in [6, 6.07) is 9.08. The third kappa shape index (κ3) is 5.06. The van der Waals surface area contributed by atoms with Crippen LogP contribution in [-0.2, 0) is 11.2 Å². The van der Waals surface area contributed by atoms with Crippen molar-refractivity contribution in [1.29, 1.82) is 0 Å². The number of Topliss-reactive ketones (excluding diaryl/α,β-unsaturated/α-hetero) is 1. The molecule has 158 valence electrons. The van der Waals surface area contributed by atoms with Gasteiger partial charge in [0, 0.05) is 48.3 Å². The molecule has 1 aliphatic heterocycles. The first-order valence-corrected chi connectivity index (χ1v) is 10.2. The number of fused-ring (bicyclic) bond motifs is 1. The van der Waals surface area contributed by atoms with Crippen LogP contribution in [-0.4, -0.2) is 34.3 Å². The number of ether oxygens (including phenoxy) is 1. The summed E-state index contributed by atoms with van der Waals surface area (Å²) in [7, 11) is 0. The number of carbonyl (C=O) groups excluding carboxylic acids is 2. The van der Waals surface area contributed by atoms with Crippen LogP contribution in [0.5, 0.6) is 5.75 Å². The minimum absolute atomic E-state index is 0.0504. The zero-order valence-electron chi connectivity index (χ0n) is 16.5. The largest absolute Gasteiger partial charge is 0.486 e. The molecule has 3 aromatic rings. The standard InChI is InChI=1S/C23H19ClFN3O3/c24-20-9-15(17-10-26-13-27-11-17)7-16-8-19(31-23(16)20)12-28-22(30)6-5-21(29)14-1-3-18(25)4-2-14/h1-4,7,9-11,13,19H,5-6,8,12H2,(H,28,30)/t19-/m1/s1. The fourth-order valence-corrected chi connectivity index (χ4v) is 3.72. The number of hydrogen-bond acceptors (Lipinski definition) is 5. The highest BCUT2D eigenvalue weighted by Crippen LogP contribution is 2.39. The molecule has 0 radical (unpaired) electrons. The summed E-state index contributed by atoms with van der Waals surface area (Å²) >= 11 is 6.39. The van der Waals surface area contributed by atoms with E-state index in [1.807, 2.05) is 6.07 Å². The number of aromatic nitrogens is 2. The van der Waals surface area contributed by atoms with Crippen molar-refractivity contribution in [2.45, 2.75) is 25.4 Å². The van der Waals surface area contributed by atoms with Crippen LogP contribution < -0.4 is 10.1 Å². The molecule has 0 fully saturated rings. The number of ketones is 1. The lowest BCUT2D eigenvalue weighted by molar-refractivity contribution is -0.121. The predicted molar refractivity (Wildman–Crippen MR) is 114 cm³/mol. The smallest absolute Gasteiger partial charge is 0.220 e. The van der Waals surface area contributed by atoms with Gasteiger partial charge in [-0.2, -0.15) is 0 Å². The number of amides is 1. The molecule has 1 amide bonds. The lowest BCUT2D eigenvalue weighted by Gasteiger charge is -2.12. The highest BCUT2D eigenvalue weighted by molar-refractivity contribution is 6.32. The second kappa shape index (κ2) is 9.22. The third-order valence-electron chi connectivity index (χ3n) is 5.02. The maximum absolute atomic E-state index is 12.9. The van der Waals surface area contributed by atoms with Crippen LogP contribution in [0.15, 0.2) is 55.1 Å². The first kappa shape index (κ1) is 20.9. The lowest BCUT2D eigenvalue weighted by atomic mass is 10.0. The van der Waals surface area contributed by atoms with Gasteiger partial charge in [-0.15, -0.1) is 0 Å². The van der Waals surface area contributed by atoms with Crippen LogP contribution in [0.25, 0.3) is 11.1 Å². The van der Waals surface area contributed by atoms with Gasteiger partial charge in [0.1, 0.15) is 24.0 Å². The van der Waals surface area contributed by atoms with Gasteiger partial charge in [0.2, 0.25) is 5.91 Å². The van der Waals surface area contributed by atoms with Gasteiger partial charge in [0.05, 0.1) is 11.6 Å². The molecule has 0 unspecified atom stereocenters. The average Bonchev–Trinajstić information content (AvgIpc) is 3.21. The molecule has 0 aliphatic carbocycles. The van der Waals surface area contributed by atoms with Crippen molar-refractivity contribution < 1.29 is 18.7 Å². The van der Waals surface area contributed by atoms with Crippen molar-refractivity contribution in [1.82, 2.24) is 15.3 Å². The number of nitrogens with zero attached hydrogens (tertiary/aromatic N) is 2. The predicted octanol–water partition coefficient (Wildman–Crippen LogP) is 4.02. The summed E-state index contributed by atoms with van der Waals surface area (Å²) in [6.45, 7) is 0.304. The van der Waals surface area contributed by atoms with Crippen LogP contribution in [0, 0.1) is 5.82 Å². The van der Waals surface area contributed by atoms with Gasteiger partial charge in [-0.25, -0.2) is 14.4 Å². The maximum atomic E-state index is 12.9. The van der Waals surface area contributed by atoms with Crippen LogP contribution in [0.4, 0.5) is 4.39 Å². The third-order valence-corrected chi connectivity index (χ3v) is 5.30. The summed E-state index contributed by atoms with van der Waals surface area (Å²) in [6.07, 6.45) is 5.36. The van der Waals surface area contributed by atoms with Crippen molar-refractivity contribution in [2.24, 2.45) is 0 Å². The molecule has 0 spiro atoms. The van der Waals surface area contributed by atoms with Gasteiger partial charge in [-0.1, -0.05) is 11.6 Å². The second-order valence-corrected chi connectivity index (χ2v) is 7.66. The molecular weight excluding hydrogens is 421 g/mol. The van der Waals surface area contributed by atoms with Crippen molar-refractivity contribution in [2.75, 3.05) is 6.54 Å². The molecule has 0 saturated heterocycles. The Morgan fingerprint density at radius 3 is 2.58 bits per heavy atom. The number of benzene rings is 2. The molecule has 4 rings (SSSR count). The fourth-order valence-electron chi connectivity index (χ4n) is 3.44. The van der Waals surface area contributed by atoms with Crippen LogP contribution >= 0.6 is 11.6 Å². The van der Waals surface area contributed by atoms with E-state index < -0.39 is 5.82 Å². The SMILES string of the molecule is O=C(CCC(=O)c1ccc(F)cc1)NC[C@H]1Cc2cc(-c3cncnc3)cc(Cl)c2O1. The number of halogens is 2. The molecule has 1 N–H and O–H groups in total. The Balaban J connectivity index is 1.29. The summed E-state index contributed by atoms with van der Waals surface area (Å²) in [5.74, 6) is -0.240. The van der Waals surface area contributed by atoms with Crippen molar-refractivity contribution in [3.05, 3.63) is 77.1 Å². The number of rotatable bonds is 7. The van der Waals surface area contributed by atoms with Crippen molar-refractivity contribution >= 4 is 23.3 Å². The second-order valence-electron chi connectivity index (χ2n) is 7.25. The molecule has 0 bridgehead atoms. The van der Waals surface area contributed by atoms with Crippen molar-refractivity contribution in [3.63, 3.8) is 0 Å². The minimum Gasteiger partial charge on any atom is -0.486 e. The van der Waals surface area contributed by atoms with E-state index in [1.54, 1.807) is 18.5 Å². The molecule has 1 atom stereocenters. The lowest BCUT2D eigenvalue weighted by Crippen LogP contribution is -2.34. The van der Waals surface area contributed by atoms with E-state index in [0.717, 1.165) is 16.7 Å². The Morgan fingerprint density at radius 1 is 1.10 bits per heavy atom. The van der Waals surface area contributed by atoms with Crippen molar-refractivity contribution in [3.8, 4) is 16.9 Å². The van der Waals surface area contributed by atoms with Gasteiger partial charge < -0.3 is 10.1 Å². The summed E-state index contributed by atoms with van der Waals surface area (Å²) in [4.78, 5) is 32.3. The molecule has 2 aromatic carbocycles. The topological polar surface area (TPSA) is 81.2 Å². The Kier molecular flexibility index (Phi) is 6.23. The average molecular weight is 440 g/mol. The summed E-state index contributed by atoms with van der Waals surface area (Å²) in [5, 5.41) is 3.30. The monoisotopic (exact) mass is 439 g/mol. The Bertz CT molecular complexity index is 1110.